The minimum absolute atomic E-state index is 0.860. The Morgan fingerprint density at radius 3 is 2.43 bits per heavy atom. The molecule has 2 heteroatoms. The lowest BCUT2D eigenvalue weighted by molar-refractivity contribution is 0.264. The molecular formula is C12H16N2. The number of benzene rings is 1. The third kappa shape index (κ3) is 1.35. The minimum Gasteiger partial charge on any atom is -0.296 e. The third-order valence-electron chi connectivity index (χ3n) is 3.54. The number of hydrogen-bond donors (Lipinski definition) is 0. The highest BCUT2D eigenvalue weighted by Crippen LogP contribution is 2.33. The highest BCUT2D eigenvalue weighted by atomic mass is 15.4. The molecule has 2 fully saturated rings. The molecule has 0 bridgehead atoms. The molecule has 1 aromatic carbocycles. The van der Waals surface area contributed by atoms with Crippen molar-refractivity contribution < 1.29 is 0 Å². The molecule has 0 saturated carbocycles. The number of hydrogen-bond acceptors (Lipinski definition) is 2. The molecule has 0 aliphatic carbocycles. The summed E-state index contributed by atoms with van der Waals surface area (Å²) in [6.07, 6.45) is 0. The summed E-state index contributed by atoms with van der Waals surface area (Å²) >= 11 is 0. The van der Waals surface area contributed by atoms with Crippen LogP contribution in [0.4, 0.5) is 0 Å². The zero-order chi connectivity index (χ0) is 9.54. The zero-order valence-electron chi connectivity index (χ0n) is 8.56. The predicted octanol–water partition coefficient (Wildman–Crippen LogP) is 1.18. The highest BCUT2D eigenvalue weighted by Gasteiger charge is 2.50. The second-order valence-electron chi connectivity index (χ2n) is 4.48. The normalized spacial score (nSPS) is 35.6. The van der Waals surface area contributed by atoms with Gasteiger partial charge in [-0.15, -0.1) is 0 Å². The van der Waals surface area contributed by atoms with Crippen molar-refractivity contribution in [3.05, 3.63) is 35.9 Å². The van der Waals surface area contributed by atoms with E-state index in [4.69, 9.17) is 0 Å². The SMILES string of the molecule is CN1[C@H]2CN(Cc3ccccc3)C[C@@H]21. The molecule has 0 amide bonds. The summed E-state index contributed by atoms with van der Waals surface area (Å²) in [4.78, 5) is 5.03. The molecule has 14 heavy (non-hydrogen) atoms. The summed E-state index contributed by atoms with van der Waals surface area (Å²) < 4.78 is 0. The van der Waals surface area contributed by atoms with Crippen LogP contribution in [0.25, 0.3) is 0 Å². The van der Waals surface area contributed by atoms with Gasteiger partial charge in [-0.2, -0.15) is 0 Å². The largest absolute Gasteiger partial charge is 0.296 e. The van der Waals surface area contributed by atoms with E-state index in [2.05, 4.69) is 47.2 Å². The van der Waals surface area contributed by atoms with Crippen molar-refractivity contribution in [2.45, 2.75) is 18.6 Å². The lowest BCUT2D eigenvalue weighted by atomic mass is 10.2. The van der Waals surface area contributed by atoms with Crippen LogP contribution in [0.5, 0.6) is 0 Å². The zero-order valence-corrected chi connectivity index (χ0v) is 8.56. The van der Waals surface area contributed by atoms with E-state index in [0.717, 1.165) is 18.6 Å². The van der Waals surface area contributed by atoms with E-state index < -0.39 is 0 Å². The van der Waals surface area contributed by atoms with Gasteiger partial charge in [0.15, 0.2) is 0 Å². The number of nitrogens with zero attached hydrogens (tertiary/aromatic N) is 2. The Morgan fingerprint density at radius 2 is 1.79 bits per heavy atom. The van der Waals surface area contributed by atoms with Crippen LogP contribution in [0.1, 0.15) is 5.56 Å². The highest BCUT2D eigenvalue weighted by molar-refractivity contribution is 5.16. The molecule has 2 atom stereocenters. The van der Waals surface area contributed by atoms with Gasteiger partial charge in [0.05, 0.1) is 0 Å². The van der Waals surface area contributed by atoms with Crippen molar-refractivity contribution in [3.8, 4) is 0 Å². The lowest BCUT2D eigenvalue weighted by Gasteiger charge is -2.18. The average molecular weight is 188 g/mol. The van der Waals surface area contributed by atoms with Crippen molar-refractivity contribution in [1.29, 1.82) is 0 Å². The Morgan fingerprint density at radius 1 is 1.14 bits per heavy atom. The van der Waals surface area contributed by atoms with Crippen LogP contribution in [0, 0.1) is 0 Å². The van der Waals surface area contributed by atoms with Crippen LogP contribution in [0.2, 0.25) is 0 Å². The first-order chi connectivity index (χ1) is 6.84. The molecule has 2 aliphatic rings. The lowest BCUT2D eigenvalue weighted by Crippen LogP contribution is -2.27. The second kappa shape index (κ2) is 3.07. The van der Waals surface area contributed by atoms with Gasteiger partial charge in [-0.1, -0.05) is 30.3 Å². The smallest absolute Gasteiger partial charge is 0.0392 e. The Kier molecular flexibility index (Phi) is 1.85. The van der Waals surface area contributed by atoms with Gasteiger partial charge in [0.1, 0.15) is 0 Å². The number of likely N-dealkylation sites (tertiary alicyclic amines) is 1. The molecular weight excluding hydrogens is 172 g/mol. The molecule has 3 rings (SSSR count). The molecule has 2 nitrogen and oxygen atoms in total. The maximum absolute atomic E-state index is 2.56. The van der Waals surface area contributed by atoms with Gasteiger partial charge in [0.2, 0.25) is 0 Å². The van der Waals surface area contributed by atoms with Crippen LogP contribution in [0.3, 0.4) is 0 Å². The van der Waals surface area contributed by atoms with E-state index in [9.17, 15) is 0 Å². The van der Waals surface area contributed by atoms with E-state index in [-0.39, 0.29) is 0 Å². The maximum atomic E-state index is 2.56. The molecule has 2 heterocycles. The van der Waals surface area contributed by atoms with Gasteiger partial charge < -0.3 is 0 Å². The van der Waals surface area contributed by atoms with Crippen LogP contribution < -0.4 is 0 Å². The van der Waals surface area contributed by atoms with E-state index in [1.165, 1.54) is 18.7 Å². The number of fused-ring (bicyclic) bond motifs is 1. The molecule has 0 spiro atoms. The molecule has 0 radical (unpaired) electrons. The van der Waals surface area contributed by atoms with E-state index in [0.29, 0.717) is 0 Å². The van der Waals surface area contributed by atoms with Gasteiger partial charge >= 0.3 is 0 Å². The summed E-state index contributed by atoms with van der Waals surface area (Å²) in [5, 5.41) is 0. The Hall–Kier alpha value is -0.860. The summed E-state index contributed by atoms with van der Waals surface area (Å²) in [5.74, 6) is 0. The van der Waals surface area contributed by atoms with Crippen molar-refractivity contribution in [3.63, 3.8) is 0 Å². The van der Waals surface area contributed by atoms with E-state index in [1.807, 2.05) is 0 Å². The number of rotatable bonds is 2. The quantitative estimate of drug-likeness (QED) is 0.643. The molecule has 2 saturated heterocycles. The number of likely N-dealkylation sites (N-methyl/N-ethyl adjacent to an activating group) is 1. The van der Waals surface area contributed by atoms with Crippen molar-refractivity contribution >= 4 is 0 Å². The van der Waals surface area contributed by atoms with E-state index in [1.54, 1.807) is 0 Å². The fourth-order valence-electron chi connectivity index (χ4n) is 2.55. The van der Waals surface area contributed by atoms with Crippen molar-refractivity contribution in [2.24, 2.45) is 0 Å². The maximum Gasteiger partial charge on any atom is 0.0392 e. The summed E-state index contributed by atoms with van der Waals surface area (Å²) in [6.45, 7) is 3.65. The fraction of sp³-hybridized carbons (Fsp3) is 0.500. The van der Waals surface area contributed by atoms with Crippen LogP contribution in [-0.4, -0.2) is 42.0 Å². The van der Waals surface area contributed by atoms with Gasteiger partial charge in [-0.3, -0.25) is 9.80 Å². The van der Waals surface area contributed by atoms with Crippen LogP contribution in [0.15, 0.2) is 30.3 Å². The first kappa shape index (κ1) is 8.45. The van der Waals surface area contributed by atoms with Crippen molar-refractivity contribution in [1.82, 2.24) is 9.80 Å². The van der Waals surface area contributed by atoms with Gasteiger partial charge in [0.25, 0.3) is 0 Å². The molecule has 0 aromatic heterocycles. The van der Waals surface area contributed by atoms with Gasteiger partial charge in [0, 0.05) is 31.7 Å². The minimum atomic E-state index is 0.860. The predicted molar refractivity (Wildman–Crippen MR) is 57.1 cm³/mol. The topological polar surface area (TPSA) is 6.25 Å². The molecule has 0 N–H and O–H groups in total. The molecule has 1 aromatic rings. The molecule has 2 aliphatic heterocycles. The Labute approximate surface area is 85.1 Å². The third-order valence-corrected chi connectivity index (χ3v) is 3.54. The Bertz CT molecular complexity index is 310. The summed E-state index contributed by atoms with van der Waals surface area (Å²) in [5.41, 5.74) is 1.44. The monoisotopic (exact) mass is 188 g/mol. The van der Waals surface area contributed by atoms with E-state index >= 15 is 0 Å². The standard InChI is InChI=1S/C12H16N2/c1-13-11-8-14(9-12(11)13)7-10-5-3-2-4-6-10/h2-6,11-12H,7-9H2,1H3/t11-,12-/m0/s1. The average Bonchev–Trinajstić information content (AvgIpc) is 2.65. The number of piperazine rings is 1. The Balaban J connectivity index is 1.60. The fourth-order valence-corrected chi connectivity index (χ4v) is 2.55. The molecule has 74 valence electrons. The van der Waals surface area contributed by atoms with Gasteiger partial charge in [-0.05, 0) is 12.6 Å². The van der Waals surface area contributed by atoms with Crippen LogP contribution >= 0.6 is 0 Å². The first-order valence-electron chi connectivity index (χ1n) is 5.33. The van der Waals surface area contributed by atoms with Crippen LogP contribution in [-0.2, 0) is 6.54 Å². The second-order valence-corrected chi connectivity index (χ2v) is 4.48. The summed E-state index contributed by atoms with van der Waals surface area (Å²) in [6, 6.07) is 12.5. The first-order valence-corrected chi connectivity index (χ1v) is 5.33. The van der Waals surface area contributed by atoms with Crippen molar-refractivity contribution in [2.75, 3.05) is 20.1 Å². The van der Waals surface area contributed by atoms with Gasteiger partial charge in [-0.25, -0.2) is 0 Å². The molecule has 0 unspecified atom stereocenters. The summed E-state index contributed by atoms with van der Waals surface area (Å²) in [7, 11) is 2.23.